The van der Waals surface area contributed by atoms with Gasteiger partial charge in [0.25, 0.3) is 0 Å². The van der Waals surface area contributed by atoms with Crippen molar-refractivity contribution in [2.75, 3.05) is 6.61 Å². The molecule has 0 fully saturated rings. The molecule has 0 amide bonds. The number of H-pyrrole nitrogens is 1. The largest absolute Gasteiger partial charge is 0.481 e. The van der Waals surface area contributed by atoms with Crippen molar-refractivity contribution in [3.8, 4) is 0 Å². The van der Waals surface area contributed by atoms with Crippen LogP contribution in [0.25, 0.3) is 10.9 Å². The second kappa shape index (κ2) is 6.40. The van der Waals surface area contributed by atoms with Gasteiger partial charge in [0, 0.05) is 20.1 Å². The average molecular weight is 306 g/mol. The van der Waals surface area contributed by atoms with Crippen molar-refractivity contribution < 1.29 is 14.6 Å². The lowest BCUT2D eigenvalue weighted by Crippen LogP contribution is -2.21. The molecule has 1 aromatic heterocycles. The van der Waals surface area contributed by atoms with E-state index in [1.165, 1.54) is 0 Å². The first-order valence-corrected chi connectivity index (χ1v) is 10.8. The third-order valence-corrected chi connectivity index (χ3v) is 5.00. The number of nitrogens with zero attached hydrogens (tertiary/aromatic N) is 1. The third kappa shape index (κ3) is 4.68. The summed E-state index contributed by atoms with van der Waals surface area (Å²) in [6, 6.07) is 6.98. The van der Waals surface area contributed by atoms with Crippen LogP contribution < -0.4 is 0 Å². The maximum absolute atomic E-state index is 10.8. The van der Waals surface area contributed by atoms with Gasteiger partial charge in [-0.15, -0.1) is 0 Å². The Hall–Kier alpha value is -1.66. The Morgan fingerprint density at radius 1 is 1.38 bits per heavy atom. The molecule has 0 aliphatic heterocycles. The standard InChI is InChI=1S/C15H22N2O3Si/c1-21(2,3)7-6-20-10-11-4-5-12-13(8-11)16-17-14(12)9-15(18)19/h4-5,8H,6-7,9-10H2,1-3H3,(H,16,17)(H,18,19). The quantitative estimate of drug-likeness (QED) is 0.609. The zero-order valence-electron chi connectivity index (χ0n) is 12.8. The highest BCUT2D eigenvalue weighted by Crippen LogP contribution is 2.19. The van der Waals surface area contributed by atoms with Crippen LogP contribution in [0.5, 0.6) is 0 Å². The van der Waals surface area contributed by atoms with E-state index in [4.69, 9.17) is 9.84 Å². The highest BCUT2D eigenvalue weighted by molar-refractivity contribution is 6.76. The summed E-state index contributed by atoms with van der Waals surface area (Å²) in [6.45, 7) is 8.35. The van der Waals surface area contributed by atoms with Gasteiger partial charge < -0.3 is 9.84 Å². The predicted octanol–water partition coefficient (Wildman–Crippen LogP) is 3.04. The summed E-state index contributed by atoms with van der Waals surface area (Å²) in [5, 5.41) is 16.7. The van der Waals surface area contributed by atoms with Gasteiger partial charge in [0.05, 0.1) is 24.2 Å². The minimum atomic E-state index is -1.05. The van der Waals surface area contributed by atoms with Gasteiger partial charge in [-0.2, -0.15) is 5.10 Å². The van der Waals surface area contributed by atoms with E-state index in [2.05, 4.69) is 29.8 Å². The summed E-state index contributed by atoms with van der Waals surface area (Å²) in [4.78, 5) is 10.8. The van der Waals surface area contributed by atoms with Crippen LogP contribution in [0, 0.1) is 0 Å². The van der Waals surface area contributed by atoms with Gasteiger partial charge in [-0.25, -0.2) is 0 Å². The second-order valence-corrected chi connectivity index (χ2v) is 12.1. The van der Waals surface area contributed by atoms with Gasteiger partial charge in [0.15, 0.2) is 0 Å². The Morgan fingerprint density at radius 3 is 2.81 bits per heavy atom. The maximum atomic E-state index is 10.8. The first-order valence-electron chi connectivity index (χ1n) is 7.10. The van der Waals surface area contributed by atoms with Crippen LogP contribution in [0.15, 0.2) is 18.2 Å². The smallest absolute Gasteiger partial charge is 0.309 e. The van der Waals surface area contributed by atoms with Crippen LogP contribution in [0.4, 0.5) is 0 Å². The van der Waals surface area contributed by atoms with Crippen molar-refractivity contribution in [3.05, 3.63) is 29.5 Å². The van der Waals surface area contributed by atoms with Crippen LogP contribution in [-0.4, -0.2) is 36.0 Å². The summed E-state index contributed by atoms with van der Waals surface area (Å²) in [5.41, 5.74) is 2.49. The lowest BCUT2D eigenvalue weighted by Gasteiger charge is -2.15. The minimum Gasteiger partial charge on any atom is -0.481 e. The van der Waals surface area contributed by atoms with E-state index in [1.807, 2.05) is 18.2 Å². The Morgan fingerprint density at radius 2 is 2.14 bits per heavy atom. The van der Waals surface area contributed by atoms with E-state index < -0.39 is 14.0 Å². The molecule has 6 heteroatoms. The van der Waals surface area contributed by atoms with Crippen molar-refractivity contribution in [3.63, 3.8) is 0 Å². The fraction of sp³-hybridized carbons (Fsp3) is 0.467. The average Bonchev–Trinajstić information content (AvgIpc) is 2.75. The Labute approximate surface area is 125 Å². The van der Waals surface area contributed by atoms with E-state index in [-0.39, 0.29) is 6.42 Å². The molecule has 1 heterocycles. The molecule has 0 aliphatic rings. The molecule has 0 saturated carbocycles. The number of rotatable bonds is 7. The van der Waals surface area contributed by atoms with E-state index in [0.717, 1.165) is 29.1 Å². The molecular weight excluding hydrogens is 284 g/mol. The zero-order chi connectivity index (χ0) is 15.5. The van der Waals surface area contributed by atoms with E-state index >= 15 is 0 Å². The van der Waals surface area contributed by atoms with Gasteiger partial charge in [-0.3, -0.25) is 9.89 Å². The number of aromatic nitrogens is 2. The Kier molecular flexibility index (Phi) is 4.79. The van der Waals surface area contributed by atoms with Gasteiger partial charge in [0.1, 0.15) is 0 Å². The molecule has 0 atom stereocenters. The molecule has 2 aromatic rings. The van der Waals surface area contributed by atoms with Gasteiger partial charge in [-0.1, -0.05) is 31.8 Å². The topological polar surface area (TPSA) is 75.2 Å². The number of hydrogen-bond donors (Lipinski definition) is 2. The molecule has 0 aliphatic carbocycles. The highest BCUT2D eigenvalue weighted by Gasteiger charge is 2.12. The molecule has 0 spiro atoms. The van der Waals surface area contributed by atoms with Crippen molar-refractivity contribution in [2.45, 2.75) is 38.7 Å². The van der Waals surface area contributed by atoms with Crippen LogP contribution in [0.2, 0.25) is 25.7 Å². The van der Waals surface area contributed by atoms with Crippen LogP contribution >= 0.6 is 0 Å². The third-order valence-electron chi connectivity index (χ3n) is 3.29. The van der Waals surface area contributed by atoms with E-state index in [1.54, 1.807) is 0 Å². The first-order chi connectivity index (χ1) is 9.85. The summed E-state index contributed by atoms with van der Waals surface area (Å²) in [7, 11) is -1.05. The minimum absolute atomic E-state index is 0.0391. The van der Waals surface area contributed by atoms with Crippen molar-refractivity contribution in [1.82, 2.24) is 10.2 Å². The molecule has 5 nitrogen and oxygen atoms in total. The second-order valence-electron chi connectivity index (χ2n) is 6.49. The maximum Gasteiger partial charge on any atom is 0.309 e. The van der Waals surface area contributed by atoms with E-state index in [0.29, 0.717) is 12.3 Å². The van der Waals surface area contributed by atoms with Gasteiger partial charge in [-0.05, 0) is 17.7 Å². The molecule has 0 bridgehead atoms. The number of aliphatic carboxylic acids is 1. The fourth-order valence-corrected chi connectivity index (χ4v) is 2.81. The predicted molar refractivity (Wildman–Crippen MR) is 85.2 cm³/mol. The Bertz CT molecular complexity index is 631. The molecule has 0 saturated heterocycles. The van der Waals surface area contributed by atoms with Crippen LogP contribution in [-0.2, 0) is 22.6 Å². The van der Waals surface area contributed by atoms with Crippen LogP contribution in [0.1, 0.15) is 11.3 Å². The number of carbonyl (C=O) groups is 1. The number of nitrogens with one attached hydrogen (secondary N) is 1. The Balaban J connectivity index is 1.98. The number of fused-ring (bicyclic) bond motifs is 1. The first kappa shape index (κ1) is 15.7. The molecule has 21 heavy (non-hydrogen) atoms. The molecule has 2 rings (SSSR count). The number of ether oxygens (including phenoxy) is 1. The fourth-order valence-electron chi connectivity index (χ4n) is 2.06. The molecule has 0 radical (unpaired) electrons. The molecule has 2 N–H and O–H groups in total. The van der Waals surface area contributed by atoms with Gasteiger partial charge >= 0.3 is 5.97 Å². The van der Waals surface area contributed by atoms with Gasteiger partial charge in [0.2, 0.25) is 0 Å². The normalized spacial score (nSPS) is 12.0. The molecular formula is C15H22N2O3Si. The summed E-state index contributed by atoms with van der Waals surface area (Å²) in [5.74, 6) is -0.862. The van der Waals surface area contributed by atoms with Crippen molar-refractivity contribution in [1.29, 1.82) is 0 Å². The zero-order valence-corrected chi connectivity index (χ0v) is 13.8. The summed E-state index contributed by atoms with van der Waals surface area (Å²) >= 11 is 0. The SMILES string of the molecule is C[Si](C)(C)CCOCc1ccc2c(CC(=O)O)[nH]nc2c1. The molecule has 0 unspecified atom stereocenters. The van der Waals surface area contributed by atoms with E-state index in [9.17, 15) is 4.79 Å². The van der Waals surface area contributed by atoms with Crippen molar-refractivity contribution >= 4 is 24.9 Å². The number of aromatic amines is 1. The highest BCUT2D eigenvalue weighted by atomic mass is 28.3. The monoisotopic (exact) mass is 306 g/mol. The summed E-state index contributed by atoms with van der Waals surface area (Å²) in [6.07, 6.45) is -0.0391. The number of benzene rings is 1. The number of hydrogen-bond acceptors (Lipinski definition) is 3. The van der Waals surface area contributed by atoms with Crippen LogP contribution in [0.3, 0.4) is 0 Å². The summed E-state index contributed by atoms with van der Waals surface area (Å²) < 4.78 is 5.72. The lowest BCUT2D eigenvalue weighted by atomic mass is 10.1. The number of carboxylic acid groups (broad SMARTS) is 1. The van der Waals surface area contributed by atoms with Crippen molar-refractivity contribution in [2.24, 2.45) is 0 Å². The number of carboxylic acids is 1. The molecule has 1 aromatic carbocycles. The molecule has 114 valence electrons. The lowest BCUT2D eigenvalue weighted by molar-refractivity contribution is -0.136.